The standard InChI is InChI=1S/C13H12N2O3S/c16-8-2-1-3-11-4-5-12(19-11)13(17)14-9-10-6-7-15-18-10/h4-7,16H,2,8-9H2,(H,14,17). The van der Waals surface area contributed by atoms with Gasteiger partial charge in [0.05, 0.1) is 29.1 Å². The van der Waals surface area contributed by atoms with E-state index in [2.05, 4.69) is 22.3 Å². The van der Waals surface area contributed by atoms with Gasteiger partial charge in [0.2, 0.25) is 0 Å². The maximum Gasteiger partial charge on any atom is 0.261 e. The van der Waals surface area contributed by atoms with Crippen LogP contribution in [-0.4, -0.2) is 22.8 Å². The summed E-state index contributed by atoms with van der Waals surface area (Å²) in [5.41, 5.74) is 0. The number of hydrogen-bond acceptors (Lipinski definition) is 5. The Kier molecular flexibility index (Phi) is 4.72. The van der Waals surface area contributed by atoms with Crippen LogP contribution in [0.3, 0.4) is 0 Å². The highest BCUT2D eigenvalue weighted by Crippen LogP contribution is 2.15. The lowest BCUT2D eigenvalue weighted by Gasteiger charge is -1.99. The Hall–Kier alpha value is -2.10. The molecular formula is C13H12N2O3S. The maximum atomic E-state index is 11.8. The number of aromatic nitrogens is 1. The van der Waals surface area contributed by atoms with Crippen LogP contribution in [0.4, 0.5) is 0 Å². The Morgan fingerprint density at radius 2 is 2.37 bits per heavy atom. The van der Waals surface area contributed by atoms with Gasteiger partial charge in [0.25, 0.3) is 5.91 Å². The van der Waals surface area contributed by atoms with Gasteiger partial charge in [-0.25, -0.2) is 0 Å². The van der Waals surface area contributed by atoms with Gasteiger partial charge in [-0.1, -0.05) is 17.0 Å². The topological polar surface area (TPSA) is 75.4 Å². The highest BCUT2D eigenvalue weighted by Gasteiger charge is 2.08. The SMILES string of the molecule is O=C(NCc1ccno1)c1ccc(C#CCCO)s1. The van der Waals surface area contributed by atoms with Crippen molar-refractivity contribution in [3.05, 3.63) is 39.9 Å². The van der Waals surface area contributed by atoms with Gasteiger partial charge in [-0.15, -0.1) is 11.3 Å². The Balaban J connectivity index is 1.91. The molecule has 0 bridgehead atoms. The van der Waals surface area contributed by atoms with E-state index in [9.17, 15) is 4.79 Å². The zero-order chi connectivity index (χ0) is 13.5. The fraction of sp³-hybridized carbons (Fsp3) is 0.231. The van der Waals surface area contributed by atoms with E-state index in [1.54, 1.807) is 18.2 Å². The quantitative estimate of drug-likeness (QED) is 0.828. The molecule has 0 atom stereocenters. The first kappa shape index (κ1) is 13.3. The van der Waals surface area contributed by atoms with Crippen LogP contribution in [-0.2, 0) is 6.54 Å². The van der Waals surface area contributed by atoms with Crippen molar-refractivity contribution >= 4 is 17.2 Å². The second-order valence-corrected chi connectivity index (χ2v) is 4.68. The van der Waals surface area contributed by atoms with Crippen LogP contribution in [0.25, 0.3) is 0 Å². The Bertz CT molecular complexity index is 593. The number of nitrogens with one attached hydrogen (secondary N) is 1. The van der Waals surface area contributed by atoms with E-state index in [-0.39, 0.29) is 12.5 Å². The predicted octanol–water partition coefficient (Wildman–Crippen LogP) is 1.40. The molecule has 98 valence electrons. The minimum atomic E-state index is -0.170. The number of aliphatic hydroxyl groups is 1. The number of carbonyl (C=O) groups excluding carboxylic acids is 1. The second-order valence-electron chi connectivity index (χ2n) is 3.60. The van der Waals surface area contributed by atoms with Crippen molar-refractivity contribution in [1.82, 2.24) is 10.5 Å². The van der Waals surface area contributed by atoms with E-state index in [1.165, 1.54) is 17.5 Å². The molecule has 0 fully saturated rings. The van der Waals surface area contributed by atoms with Crippen molar-refractivity contribution < 1.29 is 14.4 Å². The summed E-state index contributed by atoms with van der Waals surface area (Å²) in [6.45, 7) is 0.352. The van der Waals surface area contributed by atoms with Crippen LogP contribution < -0.4 is 5.32 Å². The van der Waals surface area contributed by atoms with Crippen molar-refractivity contribution in [2.24, 2.45) is 0 Å². The van der Waals surface area contributed by atoms with Gasteiger partial charge in [-0.05, 0) is 12.1 Å². The lowest BCUT2D eigenvalue weighted by Crippen LogP contribution is -2.21. The van der Waals surface area contributed by atoms with E-state index in [0.29, 0.717) is 23.6 Å². The molecule has 0 aliphatic rings. The minimum absolute atomic E-state index is 0.0445. The van der Waals surface area contributed by atoms with Crippen molar-refractivity contribution in [3.8, 4) is 11.8 Å². The third-order valence-corrected chi connectivity index (χ3v) is 3.19. The van der Waals surface area contributed by atoms with Crippen molar-refractivity contribution in [2.45, 2.75) is 13.0 Å². The molecule has 0 aliphatic heterocycles. The summed E-state index contributed by atoms with van der Waals surface area (Å²) in [5.74, 6) is 6.14. The molecule has 2 rings (SSSR count). The molecule has 2 N–H and O–H groups in total. The average molecular weight is 276 g/mol. The third kappa shape index (κ3) is 3.95. The van der Waals surface area contributed by atoms with Gasteiger partial charge >= 0.3 is 0 Å². The van der Waals surface area contributed by atoms with Gasteiger partial charge in [0.15, 0.2) is 5.76 Å². The number of rotatable bonds is 4. The largest absolute Gasteiger partial charge is 0.395 e. The number of aliphatic hydroxyl groups excluding tert-OH is 1. The fourth-order valence-corrected chi connectivity index (χ4v) is 2.12. The van der Waals surface area contributed by atoms with Gasteiger partial charge in [0.1, 0.15) is 0 Å². The molecule has 0 saturated carbocycles. The molecule has 0 saturated heterocycles. The minimum Gasteiger partial charge on any atom is -0.395 e. The van der Waals surface area contributed by atoms with Gasteiger partial charge < -0.3 is 14.9 Å². The van der Waals surface area contributed by atoms with E-state index in [4.69, 9.17) is 9.63 Å². The van der Waals surface area contributed by atoms with E-state index in [0.717, 1.165) is 4.88 Å². The highest BCUT2D eigenvalue weighted by molar-refractivity contribution is 7.14. The monoisotopic (exact) mass is 276 g/mol. The Morgan fingerprint density at radius 1 is 1.47 bits per heavy atom. The Morgan fingerprint density at radius 3 is 3.11 bits per heavy atom. The summed E-state index contributed by atoms with van der Waals surface area (Å²) in [6, 6.07) is 5.21. The predicted molar refractivity (Wildman–Crippen MR) is 70.6 cm³/mol. The lowest BCUT2D eigenvalue weighted by molar-refractivity contribution is 0.0951. The summed E-state index contributed by atoms with van der Waals surface area (Å²) >= 11 is 1.32. The molecule has 19 heavy (non-hydrogen) atoms. The van der Waals surface area contributed by atoms with E-state index < -0.39 is 0 Å². The maximum absolute atomic E-state index is 11.8. The van der Waals surface area contributed by atoms with E-state index in [1.807, 2.05) is 0 Å². The summed E-state index contributed by atoms with van der Waals surface area (Å²) in [6.07, 6.45) is 1.96. The first-order valence-electron chi connectivity index (χ1n) is 5.67. The van der Waals surface area contributed by atoms with E-state index >= 15 is 0 Å². The molecule has 0 aliphatic carbocycles. The van der Waals surface area contributed by atoms with Crippen LogP contribution in [0.1, 0.15) is 26.7 Å². The number of hydrogen-bond donors (Lipinski definition) is 2. The smallest absolute Gasteiger partial charge is 0.261 e. The van der Waals surface area contributed by atoms with Crippen molar-refractivity contribution in [2.75, 3.05) is 6.61 Å². The summed E-state index contributed by atoms with van der Waals surface area (Å²) in [5, 5.41) is 14.9. The van der Waals surface area contributed by atoms with Crippen LogP contribution in [0.5, 0.6) is 0 Å². The third-order valence-electron chi connectivity index (χ3n) is 2.19. The second kappa shape index (κ2) is 6.73. The summed E-state index contributed by atoms with van der Waals surface area (Å²) in [7, 11) is 0. The number of thiophene rings is 1. The number of carbonyl (C=O) groups is 1. The zero-order valence-corrected chi connectivity index (χ0v) is 10.9. The molecular weight excluding hydrogens is 264 g/mol. The summed E-state index contributed by atoms with van der Waals surface area (Å²) in [4.78, 5) is 13.2. The first-order valence-corrected chi connectivity index (χ1v) is 6.48. The summed E-state index contributed by atoms with van der Waals surface area (Å²) < 4.78 is 4.88. The normalized spacial score (nSPS) is 9.74. The molecule has 0 spiro atoms. The molecule has 6 heteroatoms. The molecule has 2 aromatic rings. The molecule has 0 radical (unpaired) electrons. The van der Waals surface area contributed by atoms with Gasteiger partial charge in [0, 0.05) is 12.5 Å². The molecule has 2 heterocycles. The van der Waals surface area contributed by atoms with Crippen LogP contribution >= 0.6 is 11.3 Å². The molecule has 0 unspecified atom stereocenters. The fourth-order valence-electron chi connectivity index (χ4n) is 1.32. The lowest BCUT2D eigenvalue weighted by atomic mass is 10.3. The zero-order valence-electron chi connectivity index (χ0n) is 10.0. The van der Waals surface area contributed by atoms with Crippen molar-refractivity contribution in [1.29, 1.82) is 0 Å². The van der Waals surface area contributed by atoms with Crippen molar-refractivity contribution in [3.63, 3.8) is 0 Å². The highest BCUT2D eigenvalue weighted by atomic mass is 32.1. The van der Waals surface area contributed by atoms with Crippen LogP contribution in [0.2, 0.25) is 0 Å². The average Bonchev–Trinajstić information content (AvgIpc) is 3.07. The molecule has 1 amide bonds. The first-order chi connectivity index (χ1) is 9.29. The van der Waals surface area contributed by atoms with Gasteiger partial charge in [-0.3, -0.25) is 4.79 Å². The molecule has 0 aromatic carbocycles. The molecule has 5 nitrogen and oxygen atoms in total. The van der Waals surface area contributed by atoms with Crippen LogP contribution in [0, 0.1) is 11.8 Å². The number of nitrogens with zero attached hydrogens (tertiary/aromatic N) is 1. The Labute approximate surface area is 114 Å². The molecule has 2 aromatic heterocycles. The van der Waals surface area contributed by atoms with Gasteiger partial charge in [-0.2, -0.15) is 0 Å². The van der Waals surface area contributed by atoms with Crippen LogP contribution in [0.15, 0.2) is 28.9 Å². The number of amides is 1.